The van der Waals surface area contributed by atoms with Crippen LogP contribution in [-0.4, -0.2) is 53.6 Å². The lowest BCUT2D eigenvalue weighted by atomic mass is 10.0. The second-order valence-electron chi connectivity index (χ2n) is 6.98. The Morgan fingerprint density at radius 2 is 2.31 bits per heavy atom. The van der Waals surface area contributed by atoms with Crippen LogP contribution in [0.15, 0.2) is 10.7 Å². The molecule has 3 rings (SSSR count). The molecule has 0 aliphatic carbocycles. The number of aromatic nitrogens is 2. The van der Waals surface area contributed by atoms with Gasteiger partial charge in [-0.2, -0.15) is 0 Å². The summed E-state index contributed by atoms with van der Waals surface area (Å²) in [6, 6.07) is 0. The summed E-state index contributed by atoms with van der Waals surface area (Å²) in [6.45, 7) is 10.4. The van der Waals surface area contributed by atoms with Gasteiger partial charge in [-0.1, -0.05) is 6.92 Å². The summed E-state index contributed by atoms with van der Waals surface area (Å²) >= 11 is 0. The van der Waals surface area contributed by atoms with Gasteiger partial charge >= 0.3 is 5.97 Å². The molecule has 0 aromatic carbocycles. The number of piperidine rings is 1. The zero-order valence-electron chi connectivity index (χ0n) is 15.9. The fraction of sp³-hybridized carbons (Fsp3) is 0.632. The zero-order valence-corrected chi connectivity index (χ0v) is 15.9. The topological polar surface area (TPSA) is 80.5 Å². The summed E-state index contributed by atoms with van der Waals surface area (Å²) in [6.07, 6.45) is 5.10. The van der Waals surface area contributed by atoms with Gasteiger partial charge in [-0.15, -0.1) is 0 Å². The molecule has 2 aromatic heterocycles. The fourth-order valence-corrected chi connectivity index (χ4v) is 3.63. The smallest absolute Gasteiger partial charge is 0.342 e. The number of rotatable bonds is 7. The first kappa shape index (κ1) is 18.6. The maximum Gasteiger partial charge on any atom is 0.342 e. The van der Waals surface area contributed by atoms with Gasteiger partial charge in [0.2, 0.25) is 5.71 Å². The maximum absolute atomic E-state index is 12.3. The second kappa shape index (κ2) is 8.49. The molecule has 7 heteroatoms. The first-order chi connectivity index (χ1) is 12.6. The normalized spacial score (nSPS) is 18.2. The third kappa shape index (κ3) is 4.15. The highest BCUT2D eigenvalue weighted by molar-refractivity contribution is 6.07. The molecule has 3 heterocycles. The van der Waals surface area contributed by atoms with Crippen LogP contribution in [0.4, 0.5) is 5.82 Å². The molecule has 0 saturated carbocycles. The molecule has 1 atom stereocenters. The van der Waals surface area contributed by atoms with Crippen molar-refractivity contribution in [1.29, 1.82) is 0 Å². The van der Waals surface area contributed by atoms with Gasteiger partial charge < -0.3 is 19.4 Å². The minimum Gasteiger partial charge on any atom is -0.462 e. The monoisotopic (exact) mass is 360 g/mol. The van der Waals surface area contributed by atoms with Crippen molar-refractivity contribution in [3.8, 4) is 0 Å². The molecule has 0 amide bonds. The van der Waals surface area contributed by atoms with Crippen molar-refractivity contribution >= 4 is 22.9 Å². The van der Waals surface area contributed by atoms with Crippen molar-refractivity contribution in [2.24, 2.45) is 5.92 Å². The number of nitrogens with one attached hydrogen (secondary N) is 1. The van der Waals surface area contributed by atoms with Crippen molar-refractivity contribution in [2.45, 2.75) is 40.0 Å². The number of aryl methyl sites for hydroxylation is 1. The fourth-order valence-electron chi connectivity index (χ4n) is 3.63. The number of anilines is 1. The lowest BCUT2D eigenvalue weighted by Crippen LogP contribution is -2.35. The van der Waals surface area contributed by atoms with Crippen molar-refractivity contribution in [2.75, 3.05) is 38.1 Å². The Hall–Kier alpha value is -2.15. The van der Waals surface area contributed by atoms with E-state index >= 15 is 0 Å². The van der Waals surface area contributed by atoms with Crippen molar-refractivity contribution in [3.63, 3.8) is 0 Å². The Bertz CT molecular complexity index is 759. The molecule has 0 unspecified atom stereocenters. The quantitative estimate of drug-likeness (QED) is 0.599. The molecule has 0 spiro atoms. The van der Waals surface area contributed by atoms with E-state index in [0.29, 0.717) is 34.8 Å². The highest BCUT2D eigenvalue weighted by atomic mass is 16.5. The minimum atomic E-state index is -0.399. The predicted molar refractivity (Wildman–Crippen MR) is 100 cm³/mol. The molecular formula is C19H28N4O3. The van der Waals surface area contributed by atoms with Crippen molar-refractivity contribution in [1.82, 2.24) is 14.9 Å². The Labute approximate surface area is 154 Å². The van der Waals surface area contributed by atoms with Crippen LogP contribution in [0.1, 0.15) is 49.2 Å². The maximum atomic E-state index is 12.3. The van der Waals surface area contributed by atoms with Crippen molar-refractivity contribution < 1.29 is 13.9 Å². The lowest BCUT2D eigenvalue weighted by molar-refractivity contribution is 0.0526. The molecular weight excluding hydrogens is 332 g/mol. The number of hydrogen-bond donors (Lipinski definition) is 1. The Morgan fingerprint density at radius 3 is 3.08 bits per heavy atom. The van der Waals surface area contributed by atoms with Gasteiger partial charge in [0.25, 0.3) is 0 Å². The van der Waals surface area contributed by atoms with Crippen LogP contribution in [-0.2, 0) is 4.74 Å². The molecule has 0 bridgehead atoms. The molecule has 1 aliphatic rings. The molecule has 1 aliphatic heterocycles. The van der Waals surface area contributed by atoms with Crippen LogP contribution < -0.4 is 5.32 Å². The van der Waals surface area contributed by atoms with E-state index in [0.717, 1.165) is 25.4 Å². The zero-order chi connectivity index (χ0) is 18.5. The van der Waals surface area contributed by atoms with E-state index in [1.807, 2.05) is 0 Å². The molecule has 26 heavy (non-hydrogen) atoms. The number of fused-ring (bicyclic) bond motifs is 1. The SMILES string of the molecule is CCOC(=O)c1c(C)oc2ncnc(NCCCN3CCC[C@H](C)C3)c12. The highest BCUT2D eigenvalue weighted by Crippen LogP contribution is 2.29. The number of furan rings is 1. The van der Waals surface area contributed by atoms with Crippen LogP contribution in [0, 0.1) is 12.8 Å². The van der Waals surface area contributed by atoms with Crippen LogP contribution in [0.5, 0.6) is 0 Å². The third-order valence-corrected chi connectivity index (χ3v) is 4.83. The van der Waals surface area contributed by atoms with E-state index < -0.39 is 5.97 Å². The van der Waals surface area contributed by atoms with E-state index in [1.54, 1.807) is 13.8 Å². The van der Waals surface area contributed by atoms with E-state index in [2.05, 4.69) is 27.1 Å². The molecule has 1 N–H and O–H groups in total. The van der Waals surface area contributed by atoms with Gasteiger partial charge in [0.05, 0.1) is 12.0 Å². The van der Waals surface area contributed by atoms with Crippen LogP contribution >= 0.6 is 0 Å². The Balaban J connectivity index is 1.66. The molecule has 0 radical (unpaired) electrons. The number of carbonyl (C=O) groups is 1. The van der Waals surface area contributed by atoms with Crippen LogP contribution in [0.25, 0.3) is 11.1 Å². The molecule has 1 fully saturated rings. The van der Waals surface area contributed by atoms with Crippen molar-refractivity contribution in [3.05, 3.63) is 17.7 Å². The predicted octanol–water partition coefficient (Wildman–Crippen LogP) is 3.24. The Morgan fingerprint density at radius 1 is 1.46 bits per heavy atom. The van der Waals surface area contributed by atoms with Gasteiger partial charge in [0, 0.05) is 13.1 Å². The summed E-state index contributed by atoms with van der Waals surface area (Å²) in [4.78, 5) is 23.3. The number of nitrogens with zero attached hydrogens (tertiary/aromatic N) is 3. The van der Waals surface area contributed by atoms with Gasteiger partial charge in [-0.05, 0) is 52.1 Å². The van der Waals surface area contributed by atoms with Gasteiger partial charge in [0.1, 0.15) is 23.5 Å². The summed E-state index contributed by atoms with van der Waals surface area (Å²) in [5.41, 5.74) is 0.822. The second-order valence-corrected chi connectivity index (χ2v) is 6.98. The first-order valence-electron chi connectivity index (χ1n) is 9.47. The average molecular weight is 360 g/mol. The molecule has 1 saturated heterocycles. The van der Waals surface area contributed by atoms with Gasteiger partial charge in [-0.3, -0.25) is 0 Å². The molecule has 2 aromatic rings. The third-order valence-electron chi connectivity index (χ3n) is 4.83. The van der Waals surface area contributed by atoms with E-state index in [9.17, 15) is 4.79 Å². The first-order valence-corrected chi connectivity index (χ1v) is 9.47. The van der Waals surface area contributed by atoms with E-state index in [-0.39, 0.29) is 0 Å². The van der Waals surface area contributed by atoms with Crippen LogP contribution in [0.3, 0.4) is 0 Å². The summed E-state index contributed by atoms with van der Waals surface area (Å²) in [7, 11) is 0. The number of ether oxygens (including phenoxy) is 1. The van der Waals surface area contributed by atoms with Crippen LogP contribution in [0.2, 0.25) is 0 Å². The van der Waals surface area contributed by atoms with Gasteiger partial charge in [-0.25, -0.2) is 14.8 Å². The summed E-state index contributed by atoms with van der Waals surface area (Å²) < 4.78 is 10.8. The number of hydrogen-bond acceptors (Lipinski definition) is 7. The summed E-state index contributed by atoms with van der Waals surface area (Å²) in [5, 5.41) is 3.95. The van der Waals surface area contributed by atoms with Gasteiger partial charge in [0.15, 0.2) is 0 Å². The van der Waals surface area contributed by atoms with E-state index in [1.165, 1.54) is 32.3 Å². The highest BCUT2D eigenvalue weighted by Gasteiger charge is 2.23. The molecule has 142 valence electrons. The summed E-state index contributed by atoms with van der Waals surface area (Å²) in [5.74, 6) is 1.52. The lowest BCUT2D eigenvalue weighted by Gasteiger charge is -2.30. The minimum absolute atomic E-state index is 0.315. The number of esters is 1. The standard InChI is InChI=1S/C19H28N4O3/c1-4-25-19(24)15-14(3)26-18-16(15)17(21-12-22-18)20-8-6-10-23-9-5-7-13(2)11-23/h12-13H,4-11H2,1-3H3,(H,20,21,22)/t13-/m0/s1. The largest absolute Gasteiger partial charge is 0.462 e. The van der Waals surface area contributed by atoms with E-state index in [4.69, 9.17) is 9.15 Å². The Kier molecular flexibility index (Phi) is 6.08. The number of carbonyl (C=O) groups excluding carboxylic acids is 1. The molecule has 7 nitrogen and oxygen atoms in total. The number of likely N-dealkylation sites (tertiary alicyclic amines) is 1. The average Bonchev–Trinajstić information content (AvgIpc) is 2.95.